The second-order valence-corrected chi connectivity index (χ2v) is 12.1. The van der Waals surface area contributed by atoms with Gasteiger partial charge in [0.05, 0.1) is 0 Å². The van der Waals surface area contributed by atoms with Gasteiger partial charge in [0.2, 0.25) is 5.69 Å². The normalized spacial score (nSPS) is 18.6. The van der Waals surface area contributed by atoms with E-state index in [4.69, 9.17) is 4.11 Å². The van der Waals surface area contributed by atoms with Gasteiger partial charge >= 0.3 is 0 Å². The number of aryl methyl sites for hydroxylation is 3. The fourth-order valence-corrected chi connectivity index (χ4v) is 5.71. The van der Waals surface area contributed by atoms with Crippen LogP contribution in [0.1, 0.15) is 86.8 Å². The Balaban J connectivity index is 1.95. The molecule has 0 saturated heterocycles. The van der Waals surface area contributed by atoms with Crippen LogP contribution in [0.5, 0.6) is 0 Å². The van der Waals surface area contributed by atoms with Crippen LogP contribution >= 0.6 is 0 Å². The van der Waals surface area contributed by atoms with Gasteiger partial charge in [-0.3, -0.25) is 0 Å². The highest BCUT2D eigenvalue weighted by Crippen LogP contribution is 2.50. The highest BCUT2D eigenvalue weighted by molar-refractivity contribution is 5.76. The first-order valence-electron chi connectivity index (χ1n) is 13.2. The second-order valence-electron chi connectivity index (χ2n) is 12.1. The molecule has 32 heavy (non-hydrogen) atoms. The fraction of sp³-hybridized carbons (Fsp3) is 0.452. The van der Waals surface area contributed by atoms with E-state index in [2.05, 4.69) is 103 Å². The fourth-order valence-electron chi connectivity index (χ4n) is 5.71. The van der Waals surface area contributed by atoms with Gasteiger partial charge in [0, 0.05) is 21.3 Å². The molecule has 0 amide bonds. The first-order chi connectivity index (χ1) is 15.9. The molecule has 0 unspecified atom stereocenters. The molecule has 1 heterocycles. The molecule has 0 spiro atoms. The van der Waals surface area contributed by atoms with Gasteiger partial charge in [0.1, 0.15) is 7.05 Å². The summed E-state index contributed by atoms with van der Waals surface area (Å²) >= 11 is 0. The van der Waals surface area contributed by atoms with Crippen LogP contribution in [0.3, 0.4) is 0 Å². The van der Waals surface area contributed by atoms with E-state index in [1.165, 1.54) is 16.7 Å². The third kappa shape index (κ3) is 3.81. The summed E-state index contributed by atoms with van der Waals surface area (Å²) in [6, 6.07) is 14.9. The Hall–Kier alpha value is -2.41. The lowest BCUT2D eigenvalue weighted by molar-refractivity contribution is -0.661. The van der Waals surface area contributed by atoms with Crippen molar-refractivity contribution < 1.29 is 8.68 Å². The van der Waals surface area contributed by atoms with Crippen molar-refractivity contribution in [3.63, 3.8) is 0 Å². The lowest BCUT2D eigenvalue weighted by Gasteiger charge is -2.22. The van der Waals surface area contributed by atoms with Gasteiger partial charge in [0.15, 0.2) is 6.20 Å². The number of rotatable bonds is 2. The van der Waals surface area contributed by atoms with E-state index < -0.39 is 6.85 Å². The van der Waals surface area contributed by atoms with Crippen molar-refractivity contribution in [2.24, 2.45) is 7.05 Å². The summed E-state index contributed by atoms with van der Waals surface area (Å²) in [6.07, 6.45) is 3.27. The van der Waals surface area contributed by atoms with Gasteiger partial charge in [-0.1, -0.05) is 72.7 Å². The Bertz CT molecular complexity index is 1300. The predicted octanol–water partition coefficient (Wildman–Crippen LogP) is 7.72. The molecular weight excluding hydrogens is 386 g/mol. The van der Waals surface area contributed by atoms with E-state index in [9.17, 15) is 0 Å². The minimum absolute atomic E-state index is 0.0533. The van der Waals surface area contributed by atoms with Gasteiger partial charge in [-0.25, -0.2) is 4.57 Å². The number of hydrogen-bond acceptors (Lipinski definition) is 0. The van der Waals surface area contributed by atoms with Crippen molar-refractivity contribution >= 4 is 0 Å². The lowest BCUT2D eigenvalue weighted by Crippen LogP contribution is -2.33. The van der Waals surface area contributed by atoms with Crippen molar-refractivity contribution in [1.29, 1.82) is 0 Å². The summed E-state index contributed by atoms with van der Waals surface area (Å²) in [5.74, 6) is 0. The highest BCUT2D eigenvalue weighted by atomic mass is 14.9. The van der Waals surface area contributed by atoms with Crippen LogP contribution in [-0.4, -0.2) is 0 Å². The first-order valence-corrected chi connectivity index (χ1v) is 11.7. The quantitative estimate of drug-likeness (QED) is 0.367. The van der Waals surface area contributed by atoms with Gasteiger partial charge in [-0.15, -0.1) is 0 Å². The molecule has 3 aromatic rings. The molecule has 1 aliphatic rings. The number of fused-ring (bicyclic) bond motifs is 1. The van der Waals surface area contributed by atoms with Gasteiger partial charge in [-0.05, 0) is 82.0 Å². The number of benzene rings is 2. The maximum absolute atomic E-state index is 8.30. The topological polar surface area (TPSA) is 3.88 Å². The zero-order chi connectivity index (χ0) is 26.1. The summed E-state index contributed by atoms with van der Waals surface area (Å²) in [5.41, 5.74) is 9.53. The van der Waals surface area contributed by atoms with Gasteiger partial charge < -0.3 is 0 Å². The predicted molar refractivity (Wildman–Crippen MR) is 137 cm³/mol. The highest BCUT2D eigenvalue weighted by Gasteiger charge is 2.41. The van der Waals surface area contributed by atoms with E-state index in [0.717, 1.165) is 34.4 Å². The van der Waals surface area contributed by atoms with Crippen molar-refractivity contribution in [2.45, 2.75) is 84.9 Å². The van der Waals surface area contributed by atoms with Crippen LogP contribution < -0.4 is 4.57 Å². The smallest absolute Gasteiger partial charge is 0.201 e. The van der Waals surface area contributed by atoms with E-state index in [1.54, 1.807) is 0 Å². The summed E-state index contributed by atoms with van der Waals surface area (Å²) in [5, 5.41) is 0. The minimum Gasteiger partial charge on any atom is -0.201 e. The maximum atomic E-state index is 8.30. The Kier molecular flexibility index (Phi) is 4.36. The summed E-state index contributed by atoms with van der Waals surface area (Å²) in [7, 11) is 2.07. The summed E-state index contributed by atoms with van der Waals surface area (Å²) < 4.78 is 27.1. The molecule has 0 saturated carbocycles. The van der Waals surface area contributed by atoms with Crippen LogP contribution in [0, 0.1) is 13.8 Å². The number of nitrogens with zero attached hydrogens (tertiary/aromatic N) is 1. The van der Waals surface area contributed by atoms with E-state index in [1.807, 2.05) is 13.0 Å². The number of aromatic nitrogens is 1. The van der Waals surface area contributed by atoms with Gasteiger partial charge in [-0.2, -0.15) is 0 Å². The van der Waals surface area contributed by atoms with E-state index in [0.29, 0.717) is 5.56 Å². The van der Waals surface area contributed by atoms with Crippen molar-refractivity contribution in [3.05, 3.63) is 76.5 Å². The average molecular weight is 430 g/mol. The molecule has 2 aromatic carbocycles. The standard InChI is InChI=1S/C31H40N/c1-20-15-21(2)25(28-14-12-23(18-32(28)10)29(3,4)5)17-24(20)22-11-13-26-27(16-22)31(8,9)19-30(26,6)7/h11-18H,19H2,1-10H3/q+1/i1D3. The zero-order valence-electron chi connectivity index (χ0n) is 24.3. The van der Waals surface area contributed by atoms with Crippen LogP contribution in [0.25, 0.3) is 22.4 Å². The Morgan fingerprint density at radius 1 is 0.844 bits per heavy atom. The van der Waals surface area contributed by atoms with Crippen molar-refractivity contribution in [2.75, 3.05) is 0 Å². The Morgan fingerprint density at radius 3 is 2.16 bits per heavy atom. The van der Waals surface area contributed by atoms with E-state index in [-0.39, 0.29) is 16.2 Å². The molecule has 0 bridgehead atoms. The molecule has 168 valence electrons. The summed E-state index contributed by atoms with van der Waals surface area (Å²) in [6.45, 7) is 15.7. The second kappa shape index (κ2) is 7.30. The SMILES string of the molecule is [2H]C([2H])([2H])c1cc(C)c(-c2ccc(C(C)(C)C)c[n+]2C)cc1-c1ccc2c(c1)C(C)(C)CC2(C)C. The third-order valence-electron chi connectivity index (χ3n) is 7.31. The lowest BCUT2D eigenvalue weighted by atomic mass is 9.82. The van der Waals surface area contributed by atoms with Gasteiger partial charge in [0.25, 0.3) is 0 Å². The molecule has 0 radical (unpaired) electrons. The van der Waals surface area contributed by atoms with Crippen LogP contribution in [-0.2, 0) is 23.3 Å². The maximum Gasteiger partial charge on any atom is 0.212 e. The molecule has 1 aromatic heterocycles. The first kappa shape index (κ1) is 19.1. The molecule has 1 heteroatoms. The summed E-state index contributed by atoms with van der Waals surface area (Å²) in [4.78, 5) is 0. The Labute approximate surface area is 199 Å². The zero-order valence-corrected chi connectivity index (χ0v) is 21.3. The molecular formula is C31H40N+. The molecule has 1 aliphatic carbocycles. The van der Waals surface area contributed by atoms with Crippen molar-refractivity contribution in [1.82, 2.24) is 0 Å². The molecule has 0 atom stereocenters. The number of pyridine rings is 1. The molecule has 4 rings (SSSR count). The van der Waals surface area contributed by atoms with Crippen LogP contribution in [0.2, 0.25) is 0 Å². The molecule has 0 fully saturated rings. The minimum atomic E-state index is -2.19. The third-order valence-corrected chi connectivity index (χ3v) is 7.31. The molecule has 0 aliphatic heterocycles. The Morgan fingerprint density at radius 2 is 1.53 bits per heavy atom. The van der Waals surface area contributed by atoms with Crippen LogP contribution in [0.15, 0.2) is 48.7 Å². The number of hydrogen-bond donors (Lipinski definition) is 0. The monoisotopic (exact) mass is 429 g/mol. The molecule has 1 nitrogen and oxygen atoms in total. The average Bonchev–Trinajstić information content (AvgIpc) is 2.90. The van der Waals surface area contributed by atoms with Crippen LogP contribution in [0.4, 0.5) is 0 Å². The molecule has 0 N–H and O–H groups in total. The van der Waals surface area contributed by atoms with Crippen molar-refractivity contribution in [3.8, 4) is 22.4 Å². The van der Waals surface area contributed by atoms with E-state index >= 15 is 0 Å². The largest absolute Gasteiger partial charge is 0.212 e.